The lowest BCUT2D eigenvalue weighted by Crippen LogP contribution is -2.11. The van der Waals surface area contributed by atoms with Gasteiger partial charge < -0.3 is 9.30 Å². The Morgan fingerprint density at radius 1 is 1.05 bits per heavy atom. The van der Waals surface area contributed by atoms with Crippen LogP contribution in [0, 0.1) is 18.3 Å². The number of anilines is 1. The van der Waals surface area contributed by atoms with Crippen molar-refractivity contribution in [1.82, 2.24) is 14.8 Å². The Bertz CT molecular complexity index is 1630. The van der Waals surface area contributed by atoms with Crippen LogP contribution in [-0.2, 0) is 6.54 Å². The van der Waals surface area contributed by atoms with Gasteiger partial charge in [-0.25, -0.2) is 0 Å². The predicted octanol–water partition coefficient (Wildman–Crippen LogP) is 6.20. The van der Waals surface area contributed by atoms with Crippen LogP contribution in [0.2, 0.25) is 0 Å². The summed E-state index contributed by atoms with van der Waals surface area (Å²) in [5, 5.41) is 22.6. The number of benzene rings is 3. The quantitative estimate of drug-likeness (QED) is 0.254. The third-order valence-electron chi connectivity index (χ3n) is 5.83. The maximum atomic E-state index is 12.4. The molecule has 2 heterocycles. The number of hydrogen-bond acceptors (Lipinski definition) is 6. The second-order valence-corrected chi connectivity index (χ2v) is 9.29. The fourth-order valence-corrected chi connectivity index (χ4v) is 4.69. The summed E-state index contributed by atoms with van der Waals surface area (Å²) in [6.07, 6.45) is 3.83. The second kappa shape index (κ2) is 10.9. The van der Waals surface area contributed by atoms with Crippen molar-refractivity contribution >= 4 is 44.9 Å². The number of amides is 1. The standard InChI is InChI=1S/C29H23N5O2S/c1-20-9-5-8-14-26(20)36-16-15-34-19-23(24-12-6-7-13-25(24)34)17-22(18-30)28-32-33-29(37-28)31-27(35)21-10-3-2-4-11-21/h2-14,17,19H,15-16H2,1H3,(H,31,33,35)/b22-17+. The van der Waals surface area contributed by atoms with Gasteiger partial charge in [-0.15, -0.1) is 10.2 Å². The van der Waals surface area contributed by atoms with E-state index in [1.807, 2.05) is 67.7 Å². The zero-order chi connectivity index (χ0) is 25.6. The molecule has 5 aromatic rings. The van der Waals surface area contributed by atoms with E-state index in [1.165, 1.54) is 0 Å². The number of para-hydroxylation sites is 2. The van der Waals surface area contributed by atoms with Crippen LogP contribution in [0.5, 0.6) is 5.75 Å². The van der Waals surface area contributed by atoms with Crippen molar-refractivity contribution < 1.29 is 9.53 Å². The first-order valence-electron chi connectivity index (χ1n) is 11.7. The summed E-state index contributed by atoms with van der Waals surface area (Å²) in [5.41, 5.74) is 3.94. The third-order valence-corrected chi connectivity index (χ3v) is 6.71. The fraction of sp³-hybridized carbons (Fsp3) is 0.103. The average molecular weight is 506 g/mol. The van der Waals surface area contributed by atoms with Crippen LogP contribution in [-0.4, -0.2) is 27.3 Å². The van der Waals surface area contributed by atoms with Gasteiger partial charge in [0.15, 0.2) is 5.01 Å². The van der Waals surface area contributed by atoms with Gasteiger partial charge in [-0.1, -0.05) is 65.9 Å². The SMILES string of the molecule is Cc1ccccc1OCCn1cc(/C=C(\C#N)c2nnc(NC(=O)c3ccccc3)s2)c2ccccc21. The van der Waals surface area contributed by atoms with E-state index in [2.05, 4.69) is 32.2 Å². The molecule has 0 saturated carbocycles. The molecule has 5 rings (SSSR count). The number of ether oxygens (including phenoxy) is 1. The molecule has 0 aliphatic heterocycles. The summed E-state index contributed by atoms with van der Waals surface area (Å²) in [6, 6.07) is 27.1. The number of aryl methyl sites for hydroxylation is 1. The Balaban J connectivity index is 1.36. The van der Waals surface area contributed by atoms with Gasteiger partial charge in [0.25, 0.3) is 5.91 Å². The molecule has 0 spiro atoms. The van der Waals surface area contributed by atoms with E-state index in [9.17, 15) is 10.1 Å². The monoisotopic (exact) mass is 505 g/mol. The normalized spacial score (nSPS) is 11.3. The number of rotatable bonds is 8. The minimum absolute atomic E-state index is 0.276. The zero-order valence-electron chi connectivity index (χ0n) is 20.1. The van der Waals surface area contributed by atoms with Gasteiger partial charge >= 0.3 is 0 Å². The molecule has 0 unspecified atom stereocenters. The molecular weight excluding hydrogens is 482 g/mol. The lowest BCUT2D eigenvalue weighted by Gasteiger charge is -2.10. The van der Waals surface area contributed by atoms with Gasteiger partial charge in [0.2, 0.25) is 5.13 Å². The third kappa shape index (κ3) is 5.42. The lowest BCUT2D eigenvalue weighted by atomic mass is 10.1. The predicted molar refractivity (Wildman–Crippen MR) is 146 cm³/mol. The molecule has 7 nitrogen and oxygen atoms in total. The number of allylic oxidation sites excluding steroid dienone is 1. The van der Waals surface area contributed by atoms with Crippen molar-refractivity contribution in [3.63, 3.8) is 0 Å². The number of nitriles is 1. The van der Waals surface area contributed by atoms with Crippen LogP contribution < -0.4 is 10.1 Å². The minimum Gasteiger partial charge on any atom is -0.491 e. The molecule has 182 valence electrons. The van der Waals surface area contributed by atoms with E-state index >= 15 is 0 Å². The largest absolute Gasteiger partial charge is 0.491 e. The van der Waals surface area contributed by atoms with E-state index in [1.54, 1.807) is 24.3 Å². The molecular formula is C29H23N5O2S. The summed E-state index contributed by atoms with van der Waals surface area (Å²) in [6.45, 7) is 3.19. The smallest absolute Gasteiger partial charge is 0.257 e. The van der Waals surface area contributed by atoms with Crippen LogP contribution in [0.3, 0.4) is 0 Å². The van der Waals surface area contributed by atoms with Crippen LogP contribution in [0.1, 0.15) is 26.5 Å². The highest BCUT2D eigenvalue weighted by Gasteiger charge is 2.14. The van der Waals surface area contributed by atoms with E-state index < -0.39 is 0 Å². The summed E-state index contributed by atoms with van der Waals surface area (Å²) < 4.78 is 8.12. The first-order valence-corrected chi connectivity index (χ1v) is 12.5. The van der Waals surface area contributed by atoms with Gasteiger partial charge in [-0.2, -0.15) is 5.26 Å². The molecule has 0 aliphatic carbocycles. The maximum absolute atomic E-state index is 12.4. The molecule has 3 aromatic carbocycles. The van der Waals surface area contributed by atoms with Crippen LogP contribution >= 0.6 is 11.3 Å². The van der Waals surface area contributed by atoms with Gasteiger partial charge in [0.1, 0.15) is 18.4 Å². The fourth-order valence-electron chi connectivity index (χ4n) is 3.99. The second-order valence-electron chi connectivity index (χ2n) is 8.31. The van der Waals surface area contributed by atoms with Crippen molar-refractivity contribution in [3.05, 3.63) is 107 Å². The van der Waals surface area contributed by atoms with Gasteiger partial charge in [0, 0.05) is 28.2 Å². The number of hydrogen-bond donors (Lipinski definition) is 1. The van der Waals surface area contributed by atoms with E-state index in [0.29, 0.717) is 34.4 Å². The average Bonchev–Trinajstić information content (AvgIpc) is 3.53. The molecule has 1 N–H and O–H groups in total. The Morgan fingerprint density at radius 3 is 2.62 bits per heavy atom. The van der Waals surface area contributed by atoms with Crippen molar-refractivity contribution in [2.45, 2.75) is 13.5 Å². The van der Waals surface area contributed by atoms with E-state index in [-0.39, 0.29) is 5.91 Å². The van der Waals surface area contributed by atoms with Crippen LogP contribution in [0.25, 0.3) is 22.6 Å². The number of carbonyl (C=O) groups excluding carboxylic acids is 1. The van der Waals surface area contributed by atoms with E-state index in [0.717, 1.165) is 39.1 Å². The summed E-state index contributed by atoms with van der Waals surface area (Å²) in [7, 11) is 0. The van der Waals surface area contributed by atoms with Crippen molar-refractivity contribution in [3.8, 4) is 11.8 Å². The highest BCUT2D eigenvalue weighted by Crippen LogP contribution is 2.29. The molecule has 0 fully saturated rings. The van der Waals surface area contributed by atoms with Crippen molar-refractivity contribution in [2.24, 2.45) is 0 Å². The Kier molecular flexibility index (Phi) is 7.06. The molecule has 8 heteroatoms. The van der Waals surface area contributed by atoms with Gasteiger partial charge in [-0.3, -0.25) is 10.1 Å². The highest BCUT2D eigenvalue weighted by molar-refractivity contribution is 7.16. The lowest BCUT2D eigenvalue weighted by molar-refractivity contribution is 0.102. The van der Waals surface area contributed by atoms with Crippen molar-refractivity contribution in [1.29, 1.82) is 5.26 Å². The molecule has 0 saturated heterocycles. The molecule has 0 atom stereocenters. The Morgan fingerprint density at radius 2 is 1.81 bits per heavy atom. The first-order chi connectivity index (χ1) is 18.1. The zero-order valence-corrected chi connectivity index (χ0v) is 20.9. The number of nitrogens with one attached hydrogen (secondary N) is 1. The number of carbonyl (C=O) groups is 1. The first kappa shape index (κ1) is 24.0. The van der Waals surface area contributed by atoms with Crippen LogP contribution in [0.15, 0.2) is 85.1 Å². The summed E-state index contributed by atoms with van der Waals surface area (Å²) in [5.74, 6) is 0.596. The summed E-state index contributed by atoms with van der Waals surface area (Å²) >= 11 is 1.16. The van der Waals surface area contributed by atoms with Crippen LogP contribution in [0.4, 0.5) is 5.13 Å². The minimum atomic E-state index is -0.276. The highest BCUT2D eigenvalue weighted by atomic mass is 32.1. The Hall–Kier alpha value is -4.74. The molecule has 0 aliphatic rings. The van der Waals surface area contributed by atoms with Crippen molar-refractivity contribution in [2.75, 3.05) is 11.9 Å². The molecule has 2 aromatic heterocycles. The van der Waals surface area contributed by atoms with E-state index in [4.69, 9.17) is 4.74 Å². The molecule has 1 amide bonds. The molecule has 0 bridgehead atoms. The number of fused-ring (bicyclic) bond motifs is 1. The van der Waals surface area contributed by atoms with Gasteiger partial charge in [-0.05, 0) is 42.8 Å². The Labute approximate surface area is 218 Å². The molecule has 37 heavy (non-hydrogen) atoms. The van der Waals surface area contributed by atoms with Gasteiger partial charge in [0.05, 0.1) is 12.1 Å². The topological polar surface area (TPSA) is 92.8 Å². The maximum Gasteiger partial charge on any atom is 0.257 e. The number of nitrogens with zero attached hydrogens (tertiary/aromatic N) is 4. The summed E-state index contributed by atoms with van der Waals surface area (Å²) in [4.78, 5) is 12.4. The number of aromatic nitrogens is 3. The molecule has 0 radical (unpaired) electrons.